The summed E-state index contributed by atoms with van der Waals surface area (Å²) in [7, 11) is 0. The summed E-state index contributed by atoms with van der Waals surface area (Å²) in [5.41, 5.74) is 0. The highest BCUT2D eigenvalue weighted by Crippen LogP contribution is 2.28. The lowest BCUT2D eigenvalue weighted by Crippen LogP contribution is -2.63. The maximum absolute atomic E-state index is 13.0. The van der Waals surface area contributed by atoms with E-state index < -0.39 is 43.3 Å². The fourth-order valence-corrected chi connectivity index (χ4v) is 2.49. The first kappa shape index (κ1) is 14.1. The molecule has 1 atom stereocenters. The van der Waals surface area contributed by atoms with Gasteiger partial charge in [0, 0.05) is 6.54 Å². The molecule has 0 radical (unpaired) electrons. The van der Waals surface area contributed by atoms with Crippen molar-refractivity contribution in [3.05, 3.63) is 0 Å². The van der Waals surface area contributed by atoms with Crippen LogP contribution in [0.5, 0.6) is 0 Å². The number of halogens is 4. The van der Waals surface area contributed by atoms with E-state index >= 15 is 0 Å². The van der Waals surface area contributed by atoms with Crippen molar-refractivity contribution in [2.24, 2.45) is 0 Å². The molecule has 0 spiro atoms. The quantitative estimate of drug-likeness (QED) is 0.728. The van der Waals surface area contributed by atoms with Crippen molar-refractivity contribution in [1.29, 1.82) is 0 Å². The Labute approximate surface area is 107 Å². The van der Waals surface area contributed by atoms with Gasteiger partial charge in [0.05, 0.1) is 6.54 Å². The molecule has 0 aromatic rings. The second-order valence-corrected chi connectivity index (χ2v) is 4.85. The molecular formula is C11H14F4N2O2. The Bertz CT molecular complexity index is 389. The fraction of sp³-hybridized carbons (Fsp3) is 0.818. The normalized spacial score (nSPS) is 25.0. The summed E-state index contributed by atoms with van der Waals surface area (Å²) in [6.45, 7) is -1.52. The maximum Gasteiger partial charge on any atom is 0.324 e. The van der Waals surface area contributed by atoms with Crippen molar-refractivity contribution in [1.82, 2.24) is 9.80 Å². The SMILES string of the molecule is O=C1C2CCCCN2C(=O)CN1CC(F)(F)C(F)F. The average molecular weight is 282 g/mol. The molecule has 8 heteroatoms. The Morgan fingerprint density at radius 3 is 2.58 bits per heavy atom. The van der Waals surface area contributed by atoms with Crippen LogP contribution in [0.2, 0.25) is 0 Å². The van der Waals surface area contributed by atoms with Crippen molar-refractivity contribution in [3.8, 4) is 0 Å². The lowest BCUT2D eigenvalue weighted by atomic mass is 9.98. The third-order valence-corrected chi connectivity index (χ3v) is 3.47. The molecule has 19 heavy (non-hydrogen) atoms. The molecule has 2 heterocycles. The number of amides is 2. The topological polar surface area (TPSA) is 40.6 Å². The van der Waals surface area contributed by atoms with Crippen molar-refractivity contribution >= 4 is 11.8 Å². The molecule has 1 unspecified atom stereocenters. The second kappa shape index (κ2) is 4.97. The molecule has 2 aliphatic rings. The number of rotatable bonds is 3. The lowest BCUT2D eigenvalue weighted by molar-refractivity contribution is -0.173. The zero-order valence-electron chi connectivity index (χ0n) is 10.1. The largest absolute Gasteiger partial charge is 0.329 e. The van der Waals surface area contributed by atoms with Crippen LogP contribution < -0.4 is 0 Å². The first-order valence-electron chi connectivity index (χ1n) is 6.07. The summed E-state index contributed by atoms with van der Waals surface area (Å²) in [4.78, 5) is 25.6. The molecule has 108 valence electrons. The molecule has 0 aromatic carbocycles. The minimum atomic E-state index is -4.28. The Hall–Kier alpha value is -1.34. The minimum Gasteiger partial charge on any atom is -0.329 e. The Morgan fingerprint density at radius 1 is 1.26 bits per heavy atom. The van der Waals surface area contributed by atoms with E-state index in [2.05, 4.69) is 0 Å². The minimum absolute atomic E-state index is 0.404. The number of fused-ring (bicyclic) bond motifs is 1. The number of alkyl halides is 4. The van der Waals surface area contributed by atoms with Gasteiger partial charge in [0.2, 0.25) is 11.8 Å². The highest BCUT2D eigenvalue weighted by molar-refractivity contribution is 5.95. The van der Waals surface area contributed by atoms with E-state index in [0.717, 1.165) is 12.8 Å². The molecule has 0 saturated carbocycles. The highest BCUT2D eigenvalue weighted by Gasteiger charge is 2.48. The third kappa shape index (κ3) is 2.66. The van der Waals surface area contributed by atoms with Gasteiger partial charge in [-0.3, -0.25) is 9.59 Å². The van der Waals surface area contributed by atoms with E-state index in [1.54, 1.807) is 0 Å². The second-order valence-electron chi connectivity index (χ2n) is 4.85. The van der Waals surface area contributed by atoms with Gasteiger partial charge in [-0.1, -0.05) is 0 Å². The van der Waals surface area contributed by atoms with Gasteiger partial charge in [0.25, 0.3) is 0 Å². The van der Waals surface area contributed by atoms with E-state index in [1.165, 1.54) is 4.90 Å². The number of nitrogens with zero attached hydrogens (tertiary/aromatic N) is 2. The summed E-state index contributed by atoms with van der Waals surface area (Å²) in [5, 5.41) is 0. The predicted molar refractivity (Wildman–Crippen MR) is 56.9 cm³/mol. The molecular weight excluding hydrogens is 268 g/mol. The summed E-state index contributed by atoms with van der Waals surface area (Å²) in [5.74, 6) is -5.39. The molecule has 4 nitrogen and oxygen atoms in total. The predicted octanol–water partition coefficient (Wildman–Crippen LogP) is 1.11. The molecule has 2 amide bonds. The standard InChI is InChI=1S/C11H14F4N2O2/c12-10(13)11(14,15)6-16-5-8(18)17-4-2-1-3-7(17)9(16)19/h7,10H,1-6H2. The van der Waals surface area contributed by atoms with Gasteiger partial charge < -0.3 is 9.80 Å². The van der Waals surface area contributed by atoms with E-state index in [0.29, 0.717) is 17.9 Å². The molecule has 2 saturated heterocycles. The van der Waals surface area contributed by atoms with Crippen molar-refractivity contribution in [2.45, 2.75) is 37.7 Å². The Balaban J connectivity index is 2.11. The van der Waals surface area contributed by atoms with Gasteiger partial charge in [0.1, 0.15) is 12.6 Å². The van der Waals surface area contributed by atoms with Crippen molar-refractivity contribution in [3.63, 3.8) is 0 Å². The first-order chi connectivity index (χ1) is 8.83. The number of carbonyl (C=O) groups excluding carboxylic acids is 2. The smallest absolute Gasteiger partial charge is 0.324 e. The maximum atomic E-state index is 13.0. The molecule has 2 rings (SSSR count). The Morgan fingerprint density at radius 2 is 1.95 bits per heavy atom. The molecule has 2 fully saturated rings. The number of piperidine rings is 1. The van der Waals surface area contributed by atoms with Gasteiger partial charge in [-0.2, -0.15) is 8.78 Å². The zero-order chi connectivity index (χ0) is 14.2. The summed E-state index contributed by atoms with van der Waals surface area (Å²) >= 11 is 0. The molecule has 2 aliphatic heterocycles. The van der Waals surface area contributed by atoms with Gasteiger partial charge in [-0.25, -0.2) is 8.78 Å². The number of hydrogen-bond donors (Lipinski definition) is 0. The molecule has 0 bridgehead atoms. The van der Waals surface area contributed by atoms with Crippen LogP contribution in [0, 0.1) is 0 Å². The van der Waals surface area contributed by atoms with E-state index in [4.69, 9.17) is 0 Å². The van der Waals surface area contributed by atoms with Crippen LogP contribution in [0.25, 0.3) is 0 Å². The number of carbonyl (C=O) groups is 2. The summed E-state index contributed by atoms with van der Waals surface area (Å²) in [6.07, 6.45) is -1.96. The van der Waals surface area contributed by atoms with Gasteiger partial charge in [0.15, 0.2) is 0 Å². The Kier molecular flexibility index (Phi) is 3.69. The van der Waals surface area contributed by atoms with E-state index in [1.807, 2.05) is 0 Å². The van der Waals surface area contributed by atoms with Crippen LogP contribution >= 0.6 is 0 Å². The van der Waals surface area contributed by atoms with Gasteiger partial charge in [-0.05, 0) is 19.3 Å². The molecule has 0 N–H and O–H groups in total. The van der Waals surface area contributed by atoms with Crippen LogP contribution in [-0.2, 0) is 9.59 Å². The number of hydrogen-bond acceptors (Lipinski definition) is 2. The third-order valence-electron chi connectivity index (χ3n) is 3.47. The lowest BCUT2D eigenvalue weighted by Gasteiger charge is -2.43. The molecule has 0 aromatic heterocycles. The monoisotopic (exact) mass is 282 g/mol. The zero-order valence-corrected chi connectivity index (χ0v) is 10.1. The fourth-order valence-electron chi connectivity index (χ4n) is 2.49. The number of piperazine rings is 1. The van der Waals surface area contributed by atoms with E-state index in [9.17, 15) is 27.2 Å². The first-order valence-corrected chi connectivity index (χ1v) is 6.07. The molecule has 0 aliphatic carbocycles. The van der Waals surface area contributed by atoms with Crippen molar-refractivity contribution in [2.75, 3.05) is 19.6 Å². The van der Waals surface area contributed by atoms with Gasteiger partial charge in [-0.15, -0.1) is 0 Å². The highest BCUT2D eigenvalue weighted by atomic mass is 19.3. The van der Waals surface area contributed by atoms with E-state index in [-0.39, 0.29) is 0 Å². The van der Waals surface area contributed by atoms with Crippen LogP contribution in [0.3, 0.4) is 0 Å². The van der Waals surface area contributed by atoms with Crippen LogP contribution in [-0.4, -0.2) is 59.6 Å². The average Bonchev–Trinajstić information content (AvgIpc) is 2.35. The van der Waals surface area contributed by atoms with Crippen LogP contribution in [0.1, 0.15) is 19.3 Å². The van der Waals surface area contributed by atoms with Crippen molar-refractivity contribution < 1.29 is 27.2 Å². The summed E-state index contributed by atoms with van der Waals surface area (Å²) < 4.78 is 50.3. The van der Waals surface area contributed by atoms with Crippen LogP contribution in [0.15, 0.2) is 0 Å². The van der Waals surface area contributed by atoms with Crippen LogP contribution in [0.4, 0.5) is 17.6 Å². The van der Waals surface area contributed by atoms with Gasteiger partial charge >= 0.3 is 12.3 Å². The summed E-state index contributed by atoms with van der Waals surface area (Å²) in [6, 6.07) is -0.761.